The Bertz CT molecular complexity index is 480. The normalized spacial score (nSPS) is 10.3. The van der Waals surface area contributed by atoms with Crippen molar-refractivity contribution in [2.45, 2.75) is 6.42 Å². The predicted molar refractivity (Wildman–Crippen MR) is 67.8 cm³/mol. The van der Waals surface area contributed by atoms with E-state index < -0.39 is 5.91 Å². The highest BCUT2D eigenvalue weighted by Crippen LogP contribution is 2.33. The summed E-state index contributed by atoms with van der Waals surface area (Å²) in [5, 5.41) is 0. The summed E-state index contributed by atoms with van der Waals surface area (Å²) in [6, 6.07) is 3.23. The van der Waals surface area contributed by atoms with Crippen molar-refractivity contribution >= 4 is 18.3 Å². The molecule has 1 aromatic rings. The largest absolute Gasteiger partial charge is 0.493 e. The highest BCUT2D eigenvalue weighted by molar-refractivity contribution is 5.81. The molecule has 0 aliphatic rings. The van der Waals surface area contributed by atoms with Crippen molar-refractivity contribution in [2.24, 2.45) is 5.73 Å². The lowest BCUT2D eigenvalue weighted by molar-refractivity contribution is -0.117. The van der Waals surface area contributed by atoms with E-state index in [1.807, 2.05) is 0 Å². The van der Waals surface area contributed by atoms with Crippen LogP contribution < -0.4 is 15.2 Å². The van der Waals surface area contributed by atoms with Gasteiger partial charge >= 0.3 is 0 Å². The van der Waals surface area contributed by atoms with Crippen molar-refractivity contribution in [3.8, 4) is 11.5 Å². The number of nitrogens with two attached hydrogens (primary N) is 1. The Morgan fingerprint density at radius 2 is 2.06 bits per heavy atom. The van der Waals surface area contributed by atoms with E-state index in [0.29, 0.717) is 28.9 Å². The van der Waals surface area contributed by atoms with E-state index in [4.69, 9.17) is 15.2 Å². The van der Waals surface area contributed by atoms with Crippen molar-refractivity contribution in [3.63, 3.8) is 0 Å². The summed E-state index contributed by atoms with van der Waals surface area (Å²) < 4.78 is 10.4. The van der Waals surface area contributed by atoms with Crippen LogP contribution in [-0.2, 0) is 4.79 Å². The standard InChI is InChI=1S/C13H15NO4/c1-17-11-7-9(8-15)6-10(13(11)18-2)4-3-5-12(14)16/h3-4,6-8H,5H2,1-2H3,(H2,14,16). The Morgan fingerprint density at radius 1 is 1.33 bits per heavy atom. The molecular weight excluding hydrogens is 234 g/mol. The molecule has 0 saturated carbocycles. The lowest BCUT2D eigenvalue weighted by Crippen LogP contribution is -2.07. The zero-order chi connectivity index (χ0) is 13.5. The van der Waals surface area contributed by atoms with Crippen molar-refractivity contribution in [1.82, 2.24) is 0 Å². The first kappa shape index (κ1) is 13.8. The number of hydrogen-bond acceptors (Lipinski definition) is 4. The average Bonchev–Trinajstić information content (AvgIpc) is 2.37. The fraction of sp³-hybridized carbons (Fsp3) is 0.231. The van der Waals surface area contributed by atoms with Crippen molar-refractivity contribution in [2.75, 3.05) is 14.2 Å². The summed E-state index contributed by atoms with van der Waals surface area (Å²) in [4.78, 5) is 21.5. The second-order valence-electron chi connectivity index (χ2n) is 3.54. The summed E-state index contributed by atoms with van der Waals surface area (Å²) in [6.45, 7) is 0. The van der Waals surface area contributed by atoms with E-state index in [9.17, 15) is 9.59 Å². The zero-order valence-corrected chi connectivity index (χ0v) is 10.3. The van der Waals surface area contributed by atoms with E-state index in [0.717, 1.165) is 0 Å². The molecule has 0 aliphatic carbocycles. The summed E-state index contributed by atoms with van der Waals surface area (Å²) in [5.74, 6) is 0.536. The Kier molecular flexibility index (Phi) is 4.92. The van der Waals surface area contributed by atoms with Crippen LogP contribution in [0, 0.1) is 0 Å². The number of carbonyl (C=O) groups excluding carboxylic acids is 2. The fourth-order valence-electron chi connectivity index (χ4n) is 1.51. The van der Waals surface area contributed by atoms with Gasteiger partial charge in [-0.2, -0.15) is 0 Å². The molecule has 0 aliphatic heterocycles. The molecular formula is C13H15NO4. The molecule has 0 saturated heterocycles. The van der Waals surface area contributed by atoms with Crippen LogP contribution in [0.2, 0.25) is 0 Å². The van der Waals surface area contributed by atoms with E-state index in [1.165, 1.54) is 14.2 Å². The summed E-state index contributed by atoms with van der Waals surface area (Å²) >= 11 is 0. The third kappa shape index (κ3) is 3.35. The number of ether oxygens (including phenoxy) is 2. The van der Waals surface area contributed by atoms with E-state index in [1.54, 1.807) is 24.3 Å². The lowest BCUT2D eigenvalue weighted by Gasteiger charge is -2.11. The van der Waals surface area contributed by atoms with Gasteiger partial charge in [0.2, 0.25) is 5.91 Å². The average molecular weight is 249 g/mol. The molecule has 0 aromatic heterocycles. The van der Waals surface area contributed by atoms with Gasteiger partial charge in [-0.05, 0) is 12.1 Å². The summed E-state index contributed by atoms with van der Waals surface area (Å²) in [7, 11) is 2.99. The molecule has 0 bridgehead atoms. The molecule has 0 heterocycles. The van der Waals surface area contributed by atoms with Gasteiger partial charge in [-0.25, -0.2) is 0 Å². The van der Waals surface area contributed by atoms with Gasteiger partial charge in [0, 0.05) is 17.5 Å². The van der Waals surface area contributed by atoms with Crippen molar-refractivity contribution in [1.29, 1.82) is 0 Å². The van der Waals surface area contributed by atoms with Gasteiger partial charge < -0.3 is 15.2 Å². The molecule has 96 valence electrons. The molecule has 0 radical (unpaired) electrons. The van der Waals surface area contributed by atoms with Gasteiger partial charge in [-0.3, -0.25) is 9.59 Å². The highest BCUT2D eigenvalue weighted by Gasteiger charge is 2.10. The Hall–Kier alpha value is -2.30. The third-order valence-electron chi connectivity index (χ3n) is 2.28. The molecule has 1 amide bonds. The number of primary amides is 1. The molecule has 0 unspecified atom stereocenters. The minimum absolute atomic E-state index is 0.122. The molecule has 0 atom stereocenters. The van der Waals surface area contributed by atoms with Crippen LogP contribution in [-0.4, -0.2) is 26.4 Å². The van der Waals surface area contributed by atoms with Crippen LogP contribution in [0.15, 0.2) is 18.2 Å². The molecule has 1 aromatic carbocycles. The first-order valence-electron chi connectivity index (χ1n) is 5.28. The van der Waals surface area contributed by atoms with Crippen LogP contribution in [0.5, 0.6) is 11.5 Å². The monoisotopic (exact) mass is 249 g/mol. The van der Waals surface area contributed by atoms with E-state index >= 15 is 0 Å². The molecule has 18 heavy (non-hydrogen) atoms. The minimum atomic E-state index is -0.427. The number of methoxy groups -OCH3 is 2. The Balaban J connectivity index is 3.17. The van der Waals surface area contributed by atoms with Crippen LogP contribution in [0.1, 0.15) is 22.3 Å². The number of amides is 1. The second kappa shape index (κ2) is 6.44. The molecule has 1 rings (SSSR count). The number of hydrogen-bond donors (Lipinski definition) is 1. The third-order valence-corrected chi connectivity index (χ3v) is 2.28. The van der Waals surface area contributed by atoms with Crippen LogP contribution in [0.3, 0.4) is 0 Å². The fourth-order valence-corrected chi connectivity index (χ4v) is 1.51. The van der Waals surface area contributed by atoms with Gasteiger partial charge in [0.1, 0.15) is 6.29 Å². The van der Waals surface area contributed by atoms with Gasteiger partial charge in [0.15, 0.2) is 11.5 Å². The molecule has 2 N–H and O–H groups in total. The summed E-state index contributed by atoms with van der Waals surface area (Å²) in [6.07, 6.45) is 4.11. The predicted octanol–water partition coefficient (Wildman–Crippen LogP) is 1.40. The molecule has 5 heteroatoms. The number of aldehydes is 1. The number of benzene rings is 1. The van der Waals surface area contributed by atoms with Crippen LogP contribution >= 0.6 is 0 Å². The number of carbonyl (C=O) groups is 2. The van der Waals surface area contributed by atoms with E-state index in [2.05, 4.69) is 0 Å². The van der Waals surface area contributed by atoms with Crippen LogP contribution in [0.4, 0.5) is 0 Å². The lowest BCUT2D eigenvalue weighted by atomic mass is 10.1. The summed E-state index contributed by atoms with van der Waals surface area (Å²) in [5.41, 5.74) is 6.15. The van der Waals surface area contributed by atoms with Crippen molar-refractivity contribution in [3.05, 3.63) is 29.3 Å². The minimum Gasteiger partial charge on any atom is -0.493 e. The zero-order valence-electron chi connectivity index (χ0n) is 10.3. The molecule has 0 fully saturated rings. The molecule has 5 nitrogen and oxygen atoms in total. The first-order valence-corrected chi connectivity index (χ1v) is 5.28. The second-order valence-corrected chi connectivity index (χ2v) is 3.54. The Labute approximate surface area is 105 Å². The maximum atomic E-state index is 10.8. The molecule has 0 spiro atoms. The van der Waals surface area contributed by atoms with Crippen molar-refractivity contribution < 1.29 is 19.1 Å². The van der Waals surface area contributed by atoms with Gasteiger partial charge in [-0.1, -0.05) is 12.2 Å². The van der Waals surface area contributed by atoms with E-state index in [-0.39, 0.29) is 6.42 Å². The SMILES string of the molecule is COc1cc(C=O)cc(C=CCC(N)=O)c1OC. The van der Waals surface area contributed by atoms with Gasteiger partial charge in [0.05, 0.1) is 14.2 Å². The maximum Gasteiger partial charge on any atom is 0.221 e. The van der Waals surface area contributed by atoms with Gasteiger partial charge in [-0.15, -0.1) is 0 Å². The van der Waals surface area contributed by atoms with Crippen LogP contribution in [0.25, 0.3) is 6.08 Å². The van der Waals surface area contributed by atoms with Gasteiger partial charge in [0.25, 0.3) is 0 Å². The quantitative estimate of drug-likeness (QED) is 0.773. The number of rotatable bonds is 6. The Morgan fingerprint density at radius 3 is 2.56 bits per heavy atom. The first-order chi connectivity index (χ1) is 8.62. The highest BCUT2D eigenvalue weighted by atomic mass is 16.5. The maximum absolute atomic E-state index is 10.8. The smallest absolute Gasteiger partial charge is 0.221 e. The topological polar surface area (TPSA) is 78.6 Å².